The van der Waals surface area contributed by atoms with Crippen LogP contribution in [0.5, 0.6) is 0 Å². The van der Waals surface area contributed by atoms with Crippen LogP contribution in [0.25, 0.3) is 10.8 Å². The summed E-state index contributed by atoms with van der Waals surface area (Å²) >= 11 is 0. The molecule has 2 aromatic rings. The third-order valence-electron chi connectivity index (χ3n) is 3.32. The van der Waals surface area contributed by atoms with Crippen molar-refractivity contribution in [1.29, 1.82) is 0 Å². The molecule has 0 saturated heterocycles. The van der Waals surface area contributed by atoms with Gasteiger partial charge < -0.3 is 8.85 Å². The molecule has 0 saturated carbocycles. The van der Waals surface area contributed by atoms with E-state index in [2.05, 4.69) is 49.4 Å². The lowest BCUT2D eigenvalue weighted by Gasteiger charge is -2.27. The van der Waals surface area contributed by atoms with Gasteiger partial charge in [-0.25, -0.2) is 0 Å². The van der Waals surface area contributed by atoms with Gasteiger partial charge in [0.15, 0.2) is 0 Å². The maximum Gasteiger partial charge on any atom is 0.372 e. The summed E-state index contributed by atoms with van der Waals surface area (Å²) in [4.78, 5) is 0. The SMILES string of the molecule is CC[Si](OC)(OC)c1cccc2ccccc12. The Hall–Kier alpha value is -1.16. The van der Waals surface area contributed by atoms with Crippen LogP contribution in [0.1, 0.15) is 6.92 Å². The van der Waals surface area contributed by atoms with Crippen LogP contribution in [0.15, 0.2) is 42.5 Å². The van der Waals surface area contributed by atoms with Crippen LogP contribution in [0.4, 0.5) is 0 Å². The molecular weight excluding hydrogens is 228 g/mol. The van der Waals surface area contributed by atoms with Crippen LogP contribution in [0.2, 0.25) is 6.04 Å². The lowest BCUT2D eigenvalue weighted by Crippen LogP contribution is -2.52. The summed E-state index contributed by atoms with van der Waals surface area (Å²) in [5.74, 6) is 0. The summed E-state index contributed by atoms with van der Waals surface area (Å²) in [7, 11) is 1.24. The molecule has 0 aliphatic rings. The van der Waals surface area contributed by atoms with Crippen LogP contribution in [0, 0.1) is 0 Å². The van der Waals surface area contributed by atoms with E-state index in [1.54, 1.807) is 14.2 Å². The Balaban J connectivity index is 2.69. The number of rotatable bonds is 4. The molecule has 0 bridgehead atoms. The summed E-state index contributed by atoms with van der Waals surface area (Å²) < 4.78 is 11.5. The van der Waals surface area contributed by atoms with Crippen molar-refractivity contribution in [3.05, 3.63) is 42.5 Å². The fourth-order valence-electron chi connectivity index (χ4n) is 2.34. The molecule has 0 amide bonds. The van der Waals surface area contributed by atoms with Gasteiger partial charge in [-0.3, -0.25) is 0 Å². The molecule has 0 N–H and O–H groups in total. The minimum atomic E-state index is -2.26. The lowest BCUT2D eigenvalue weighted by atomic mass is 10.1. The average molecular weight is 246 g/mol. The Bertz CT molecular complexity index is 493. The van der Waals surface area contributed by atoms with Gasteiger partial charge in [0.05, 0.1) is 0 Å². The van der Waals surface area contributed by atoms with Gasteiger partial charge >= 0.3 is 8.56 Å². The molecule has 0 unspecified atom stereocenters. The van der Waals surface area contributed by atoms with Crippen molar-refractivity contribution in [2.24, 2.45) is 0 Å². The van der Waals surface area contributed by atoms with E-state index in [4.69, 9.17) is 8.85 Å². The molecule has 0 heterocycles. The second kappa shape index (κ2) is 5.00. The molecule has 0 radical (unpaired) electrons. The van der Waals surface area contributed by atoms with Crippen molar-refractivity contribution in [2.75, 3.05) is 14.2 Å². The molecule has 0 aliphatic heterocycles. The first-order valence-electron chi connectivity index (χ1n) is 5.86. The van der Waals surface area contributed by atoms with Crippen molar-refractivity contribution in [3.8, 4) is 0 Å². The molecule has 2 rings (SSSR count). The van der Waals surface area contributed by atoms with Crippen molar-refractivity contribution in [3.63, 3.8) is 0 Å². The van der Waals surface area contributed by atoms with Crippen molar-refractivity contribution in [1.82, 2.24) is 0 Å². The molecule has 0 aromatic heterocycles. The van der Waals surface area contributed by atoms with Gasteiger partial charge in [-0.05, 0) is 16.8 Å². The molecule has 0 atom stereocenters. The monoisotopic (exact) mass is 246 g/mol. The third kappa shape index (κ3) is 2.01. The number of fused-ring (bicyclic) bond motifs is 1. The van der Waals surface area contributed by atoms with Gasteiger partial charge in [0.1, 0.15) is 0 Å². The van der Waals surface area contributed by atoms with Crippen LogP contribution < -0.4 is 5.19 Å². The summed E-state index contributed by atoms with van der Waals surface area (Å²) in [6.45, 7) is 2.13. The second-order valence-electron chi connectivity index (χ2n) is 4.04. The molecule has 0 spiro atoms. The predicted octanol–water partition coefficient (Wildman–Crippen LogP) is 2.80. The zero-order chi connectivity index (χ0) is 12.3. The molecular formula is C14H18O2Si. The highest BCUT2D eigenvalue weighted by atomic mass is 28.4. The van der Waals surface area contributed by atoms with Gasteiger partial charge in [0, 0.05) is 19.4 Å². The predicted molar refractivity (Wildman–Crippen MR) is 73.8 cm³/mol. The second-order valence-corrected chi connectivity index (χ2v) is 7.61. The highest BCUT2D eigenvalue weighted by Gasteiger charge is 2.37. The van der Waals surface area contributed by atoms with Gasteiger partial charge in [-0.1, -0.05) is 49.4 Å². The average Bonchev–Trinajstić information content (AvgIpc) is 2.41. The quantitative estimate of drug-likeness (QED) is 0.772. The zero-order valence-corrected chi connectivity index (χ0v) is 11.6. The molecule has 2 aromatic carbocycles. The van der Waals surface area contributed by atoms with E-state index >= 15 is 0 Å². The Labute approximate surface area is 103 Å². The number of benzene rings is 2. The first-order chi connectivity index (χ1) is 8.27. The van der Waals surface area contributed by atoms with Crippen LogP contribution in [-0.4, -0.2) is 22.8 Å². The summed E-state index contributed by atoms with van der Waals surface area (Å²) in [6, 6.07) is 15.6. The summed E-state index contributed by atoms with van der Waals surface area (Å²) in [5, 5.41) is 3.71. The van der Waals surface area contributed by atoms with E-state index in [-0.39, 0.29) is 0 Å². The molecule has 0 aliphatic carbocycles. The van der Waals surface area contributed by atoms with Gasteiger partial charge in [0.2, 0.25) is 0 Å². The zero-order valence-electron chi connectivity index (χ0n) is 10.6. The number of hydrogen-bond donors (Lipinski definition) is 0. The molecule has 90 valence electrons. The van der Waals surface area contributed by atoms with Gasteiger partial charge in [0.25, 0.3) is 0 Å². The standard InChI is InChI=1S/C14H18O2Si/c1-4-17(15-2,16-3)14-11-7-9-12-8-5-6-10-13(12)14/h5-11H,4H2,1-3H3. The maximum absolute atomic E-state index is 5.75. The number of hydrogen-bond acceptors (Lipinski definition) is 2. The molecule has 2 nitrogen and oxygen atoms in total. The van der Waals surface area contributed by atoms with E-state index in [0.717, 1.165) is 6.04 Å². The highest BCUT2D eigenvalue weighted by molar-refractivity contribution is 6.83. The summed E-state index contributed by atoms with van der Waals surface area (Å²) in [6.07, 6.45) is 0. The van der Waals surface area contributed by atoms with Gasteiger partial charge in [-0.2, -0.15) is 0 Å². The Morgan fingerprint density at radius 2 is 1.59 bits per heavy atom. The van der Waals surface area contributed by atoms with Crippen molar-refractivity contribution >= 4 is 24.5 Å². The fraction of sp³-hybridized carbons (Fsp3) is 0.286. The highest BCUT2D eigenvalue weighted by Crippen LogP contribution is 2.19. The van der Waals surface area contributed by atoms with Gasteiger partial charge in [-0.15, -0.1) is 0 Å². The Kier molecular flexibility index (Phi) is 3.62. The Morgan fingerprint density at radius 3 is 2.24 bits per heavy atom. The molecule has 3 heteroatoms. The van der Waals surface area contributed by atoms with E-state index < -0.39 is 8.56 Å². The largest absolute Gasteiger partial charge is 0.394 e. The van der Waals surface area contributed by atoms with Crippen LogP contribution in [-0.2, 0) is 8.85 Å². The van der Waals surface area contributed by atoms with Crippen LogP contribution in [0.3, 0.4) is 0 Å². The molecule has 0 fully saturated rings. The first kappa shape index (κ1) is 12.3. The smallest absolute Gasteiger partial charge is 0.372 e. The van der Waals surface area contributed by atoms with E-state index in [1.165, 1.54) is 16.0 Å². The Morgan fingerprint density at radius 1 is 0.941 bits per heavy atom. The van der Waals surface area contributed by atoms with Crippen molar-refractivity contribution < 1.29 is 8.85 Å². The minimum Gasteiger partial charge on any atom is -0.394 e. The van der Waals surface area contributed by atoms with E-state index in [9.17, 15) is 0 Å². The minimum absolute atomic E-state index is 0.911. The maximum atomic E-state index is 5.75. The third-order valence-corrected chi connectivity index (χ3v) is 6.83. The summed E-state index contributed by atoms with van der Waals surface area (Å²) in [5.41, 5.74) is 0. The van der Waals surface area contributed by atoms with Crippen LogP contribution >= 0.6 is 0 Å². The van der Waals surface area contributed by atoms with Crippen molar-refractivity contribution in [2.45, 2.75) is 13.0 Å². The molecule has 17 heavy (non-hydrogen) atoms. The topological polar surface area (TPSA) is 18.5 Å². The first-order valence-corrected chi connectivity index (χ1v) is 7.88. The van der Waals surface area contributed by atoms with E-state index in [0.29, 0.717) is 0 Å². The lowest BCUT2D eigenvalue weighted by molar-refractivity contribution is 0.259. The fourth-order valence-corrected chi connectivity index (χ4v) is 4.89. The van der Waals surface area contributed by atoms with E-state index in [1.807, 2.05) is 0 Å². The normalized spacial score (nSPS) is 11.9.